The van der Waals surface area contributed by atoms with Crippen molar-refractivity contribution in [3.63, 3.8) is 0 Å². The Morgan fingerprint density at radius 3 is 2.95 bits per heavy atom. The fraction of sp³-hybridized carbons (Fsp3) is 0.385. The molecule has 20 heavy (non-hydrogen) atoms. The molecular formula is C13H16ClN2O4+. The number of halogens is 1. The summed E-state index contributed by atoms with van der Waals surface area (Å²) in [4.78, 5) is 23.3. The number of nitrogens with two attached hydrogens (primary N) is 1. The van der Waals surface area contributed by atoms with Gasteiger partial charge >= 0.3 is 12.0 Å². The minimum Gasteiger partial charge on any atom is -0.412 e. The van der Waals surface area contributed by atoms with E-state index in [1.807, 2.05) is 13.0 Å². The van der Waals surface area contributed by atoms with Gasteiger partial charge in [0.05, 0.1) is 6.61 Å². The number of hydrogen-bond acceptors (Lipinski definition) is 5. The van der Waals surface area contributed by atoms with Crippen molar-refractivity contribution in [2.45, 2.75) is 13.5 Å². The zero-order chi connectivity index (χ0) is 14.8. The number of carbonyl (C=O) groups excluding carboxylic acids is 2. The highest BCUT2D eigenvalue weighted by Gasteiger charge is 2.48. The van der Waals surface area contributed by atoms with Crippen molar-refractivity contribution in [2.75, 3.05) is 19.8 Å². The Bertz CT molecular complexity index is 549. The van der Waals surface area contributed by atoms with Crippen LogP contribution in [0.2, 0.25) is 5.02 Å². The summed E-state index contributed by atoms with van der Waals surface area (Å²) in [5.41, 5.74) is 1.90. The van der Waals surface area contributed by atoms with E-state index in [0.29, 0.717) is 5.02 Å². The number of nitrogens with zero attached hydrogens (tertiary/aromatic N) is 1. The molecule has 2 amide bonds. The van der Waals surface area contributed by atoms with Crippen LogP contribution in [0.4, 0.5) is 4.79 Å². The van der Waals surface area contributed by atoms with E-state index in [1.54, 1.807) is 12.1 Å². The lowest BCUT2D eigenvalue weighted by Crippen LogP contribution is -2.60. The van der Waals surface area contributed by atoms with Gasteiger partial charge in [0.1, 0.15) is 13.2 Å². The number of hydrogen-bond donors (Lipinski definition) is 1. The first-order chi connectivity index (χ1) is 9.43. The van der Waals surface area contributed by atoms with Crippen LogP contribution >= 0.6 is 11.6 Å². The number of carbonyl (C=O) groups is 2. The third-order valence-corrected chi connectivity index (χ3v) is 3.47. The normalized spacial score (nSPS) is 21.9. The molecule has 2 N–H and O–H groups in total. The molecule has 0 spiro atoms. The van der Waals surface area contributed by atoms with Crippen LogP contribution in [0, 0.1) is 6.92 Å². The molecule has 1 saturated heterocycles. The summed E-state index contributed by atoms with van der Waals surface area (Å²) in [6.45, 7) is 2.18. The Kier molecular flexibility index (Phi) is 4.39. The van der Waals surface area contributed by atoms with Crippen LogP contribution in [-0.4, -0.2) is 36.4 Å². The van der Waals surface area contributed by atoms with Crippen LogP contribution in [0.5, 0.6) is 0 Å². The number of quaternary nitrogens is 1. The molecule has 1 aliphatic heterocycles. The third-order valence-electron chi connectivity index (χ3n) is 3.23. The van der Waals surface area contributed by atoms with Gasteiger partial charge in [-0.05, 0) is 30.2 Å². The molecule has 0 aliphatic carbocycles. The Labute approximate surface area is 121 Å². The number of cyclic esters (lactones) is 1. The molecule has 108 valence electrons. The lowest BCUT2D eigenvalue weighted by Gasteiger charge is -2.18. The van der Waals surface area contributed by atoms with Gasteiger partial charge in [-0.3, -0.25) is 0 Å². The van der Waals surface area contributed by atoms with E-state index in [0.717, 1.165) is 11.1 Å². The zero-order valence-corrected chi connectivity index (χ0v) is 11.9. The number of rotatable bonds is 4. The summed E-state index contributed by atoms with van der Waals surface area (Å²) in [5.74, 6) is 5.17. The molecule has 1 atom stereocenters. The van der Waals surface area contributed by atoms with Gasteiger partial charge in [-0.1, -0.05) is 22.3 Å². The van der Waals surface area contributed by atoms with Crippen LogP contribution in [0.25, 0.3) is 0 Å². The first-order valence-electron chi connectivity index (χ1n) is 6.13. The minimum absolute atomic E-state index is 0.136. The summed E-state index contributed by atoms with van der Waals surface area (Å²) in [6.07, 6.45) is -0.738. The lowest BCUT2D eigenvalue weighted by molar-refractivity contribution is -0.778. The molecule has 2 rings (SSSR count). The Balaban J connectivity index is 1.91. The third kappa shape index (κ3) is 2.99. The zero-order valence-electron chi connectivity index (χ0n) is 11.1. The summed E-state index contributed by atoms with van der Waals surface area (Å²) in [7, 11) is 0. The van der Waals surface area contributed by atoms with Gasteiger partial charge in [-0.25, -0.2) is 4.79 Å². The maximum Gasteiger partial charge on any atom is 0.543 e. The summed E-state index contributed by atoms with van der Waals surface area (Å²) < 4.78 is 9.18. The van der Waals surface area contributed by atoms with E-state index in [9.17, 15) is 9.59 Å². The molecule has 0 bridgehead atoms. The smallest absolute Gasteiger partial charge is 0.412 e. The topological polar surface area (TPSA) is 78.6 Å². The maximum absolute atomic E-state index is 11.9. The fourth-order valence-electron chi connectivity index (χ4n) is 1.87. The maximum atomic E-state index is 11.9. The predicted octanol–water partition coefficient (Wildman–Crippen LogP) is 1.53. The fourth-order valence-corrected chi connectivity index (χ4v) is 2.06. The van der Waals surface area contributed by atoms with Crippen LogP contribution < -0.4 is 5.84 Å². The van der Waals surface area contributed by atoms with E-state index >= 15 is 0 Å². The summed E-state index contributed by atoms with van der Waals surface area (Å²) in [5, 5.41) is 0.603. The standard InChI is InChI=1S/C13H16ClN2O4/c1-9-2-3-11(14)6-10(9)7-19-8-12(17)16(15)4-5-20-13(16)18/h2-3,6H,4-5,7-8,15H2,1H3/q+1. The number of ether oxygens (including phenoxy) is 2. The van der Waals surface area contributed by atoms with Crippen LogP contribution in [0.15, 0.2) is 18.2 Å². The number of aryl methyl sites for hydroxylation is 1. The van der Waals surface area contributed by atoms with Gasteiger partial charge in [-0.15, -0.1) is 0 Å². The van der Waals surface area contributed by atoms with Crippen molar-refractivity contribution >= 4 is 23.6 Å². The molecule has 1 unspecified atom stereocenters. The highest BCUT2D eigenvalue weighted by atomic mass is 35.5. The Morgan fingerprint density at radius 2 is 2.30 bits per heavy atom. The first kappa shape index (κ1) is 14.9. The van der Waals surface area contributed by atoms with Crippen molar-refractivity contribution in [2.24, 2.45) is 5.84 Å². The molecule has 0 saturated carbocycles. The van der Waals surface area contributed by atoms with Gasteiger partial charge in [0.25, 0.3) is 0 Å². The molecule has 0 radical (unpaired) electrons. The van der Waals surface area contributed by atoms with Gasteiger partial charge in [0, 0.05) is 5.02 Å². The number of amides is 2. The molecule has 1 heterocycles. The molecule has 1 aromatic rings. The second-order valence-corrected chi connectivity index (χ2v) is 5.10. The molecule has 0 aromatic heterocycles. The van der Waals surface area contributed by atoms with Gasteiger partial charge in [0.15, 0.2) is 6.61 Å². The van der Waals surface area contributed by atoms with Crippen molar-refractivity contribution in [1.29, 1.82) is 0 Å². The van der Waals surface area contributed by atoms with Gasteiger partial charge in [0.2, 0.25) is 0 Å². The van der Waals surface area contributed by atoms with Crippen molar-refractivity contribution < 1.29 is 23.7 Å². The van der Waals surface area contributed by atoms with E-state index in [-0.39, 0.29) is 26.4 Å². The first-order valence-corrected chi connectivity index (χ1v) is 6.51. The second-order valence-electron chi connectivity index (χ2n) is 4.66. The van der Waals surface area contributed by atoms with E-state index in [2.05, 4.69) is 0 Å². The average Bonchev–Trinajstić information content (AvgIpc) is 2.75. The SMILES string of the molecule is Cc1ccc(Cl)cc1COCC(=O)[N+]1(N)CCOC1=O. The summed E-state index contributed by atoms with van der Waals surface area (Å²) in [6, 6.07) is 5.43. The monoisotopic (exact) mass is 299 g/mol. The van der Waals surface area contributed by atoms with Crippen LogP contribution in [0.1, 0.15) is 11.1 Å². The van der Waals surface area contributed by atoms with Crippen molar-refractivity contribution in [3.8, 4) is 0 Å². The minimum atomic E-state index is -0.853. The van der Waals surface area contributed by atoms with Gasteiger partial charge < -0.3 is 9.47 Å². The van der Waals surface area contributed by atoms with E-state index < -0.39 is 16.6 Å². The van der Waals surface area contributed by atoms with Crippen LogP contribution in [-0.2, 0) is 20.9 Å². The average molecular weight is 300 g/mol. The predicted molar refractivity (Wildman–Crippen MR) is 71.5 cm³/mol. The molecule has 1 aromatic carbocycles. The van der Waals surface area contributed by atoms with Crippen LogP contribution in [0.3, 0.4) is 0 Å². The second kappa shape index (κ2) is 5.88. The van der Waals surface area contributed by atoms with Crippen molar-refractivity contribution in [3.05, 3.63) is 34.3 Å². The Hall–Kier alpha value is -1.47. The molecular weight excluding hydrogens is 284 g/mol. The molecule has 1 fully saturated rings. The highest BCUT2D eigenvalue weighted by molar-refractivity contribution is 6.30. The van der Waals surface area contributed by atoms with Crippen molar-refractivity contribution in [1.82, 2.24) is 0 Å². The highest BCUT2D eigenvalue weighted by Crippen LogP contribution is 2.17. The summed E-state index contributed by atoms with van der Waals surface area (Å²) >= 11 is 5.90. The molecule has 1 aliphatic rings. The van der Waals surface area contributed by atoms with Gasteiger partial charge in [-0.2, -0.15) is 10.6 Å². The lowest BCUT2D eigenvalue weighted by atomic mass is 10.1. The van der Waals surface area contributed by atoms with E-state index in [1.165, 1.54) is 0 Å². The van der Waals surface area contributed by atoms with E-state index in [4.69, 9.17) is 26.9 Å². The quantitative estimate of drug-likeness (QED) is 0.518. The molecule has 6 nitrogen and oxygen atoms in total. The Morgan fingerprint density at radius 1 is 1.55 bits per heavy atom. The number of benzene rings is 1. The largest absolute Gasteiger partial charge is 0.543 e. The molecule has 7 heteroatoms. The number of imide groups is 1.